The molecule has 0 bridgehead atoms. The second-order valence-corrected chi connectivity index (χ2v) is 9.60. The van der Waals surface area contributed by atoms with Crippen LogP contribution in [0.3, 0.4) is 0 Å². The molecular formula is C23H25N5O2S2. The van der Waals surface area contributed by atoms with Gasteiger partial charge in [-0.15, -0.1) is 22.0 Å². The minimum absolute atomic E-state index is 0.0745. The molecule has 1 aromatic heterocycles. The lowest BCUT2D eigenvalue weighted by molar-refractivity contribution is 0.102. The number of hydrogen-bond donors (Lipinski definition) is 2. The Balaban J connectivity index is 1.38. The minimum Gasteiger partial charge on any atom is -0.324 e. The number of urea groups is 1. The number of likely N-dealkylation sites (tertiary alicyclic amines) is 1. The van der Waals surface area contributed by atoms with E-state index in [1.807, 2.05) is 66.6 Å². The number of anilines is 2. The van der Waals surface area contributed by atoms with Gasteiger partial charge in [0.1, 0.15) is 5.01 Å². The first kappa shape index (κ1) is 22.3. The molecule has 9 heteroatoms. The molecular weight excluding hydrogens is 442 g/mol. The molecule has 0 radical (unpaired) electrons. The maximum absolute atomic E-state index is 12.8. The summed E-state index contributed by atoms with van der Waals surface area (Å²) >= 11 is 2.93. The number of amides is 3. The van der Waals surface area contributed by atoms with Crippen LogP contribution < -0.4 is 10.6 Å². The third kappa shape index (κ3) is 5.46. The SMILES string of the molecule is CSc1cccc(NC(=O)N2CCC[C@H](c3nnc(C(=O)Nc4ccc(C)cc4)s3)C2)c1. The van der Waals surface area contributed by atoms with Gasteiger partial charge in [0.05, 0.1) is 0 Å². The maximum atomic E-state index is 12.8. The highest BCUT2D eigenvalue weighted by Gasteiger charge is 2.28. The fourth-order valence-electron chi connectivity index (χ4n) is 3.58. The van der Waals surface area contributed by atoms with Gasteiger partial charge in [-0.1, -0.05) is 35.1 Å². The number of aromatic nitrogens is 2. The zero-order valence-electron chi connectivity index (χ0n) is 18.0. The van der Waals surface area contributed by atoms with E-state index in [2.05, 4.69) is 20.8 Å². The number of carbonyl (C=O) groups excluding carboxylic acids is 2. The summed E-state index contributed by atoms with van der Waals surface area (Å²) in [7, 11) is 0. The Morgan fingerprint density at radius 3 is 2.69 bits per heavy atom. The Kier molecular flexibility index (Phi) is 7.06. The van der Waals surface area contributed by atoms with Crippen molar-refractivity contribution in [1.82, 2.24) is 15.1 Å². The standard InChI is InChI=1S/C23H25N5O2S2/c1-15-8-10-17(11-9-15)24-20(29)22-27-26-21(32-22)16-5-4-12-28(14-16)23(30)25-18-6-3-7-19(13-18)31-2/h3,6-11,13,16H,4-5,12,14H2,1-2H3,(H,24,29)(H,25,30)/t16-/m0/s1. The first-order chi connectivity index (χ1) is 15.5. The van der Waals surface area contributed by atoms with Crippen LogP contribution in [-0.2, 0) is 0 Å². The Bertz CT molecular complexity index is 1100. The van der Waals surface area contributed by atoms with Gasteiger partial charge in [-0.05, 0) is 56.4 Å². The Morgan fingerprint density at radius 2 is 1.91 bits per heavy atom. The summed E-state index contributed by atoms with van der Waals surface area (Å²) < 4.78 is 0. The lowest BCUT2D eigenvalue weighted by Gasteiger charge is -2.31. The Labute approximate surface area is 195 Å². The molecule has 1 atom stereocenters. The van der Waals surface area contributed by atoms with E-state index in [1.54, 1.807) is 11.8 Å². The first-order valence-corrected chi connectivity index (χ1v) is 12.5. The van der Waals surface area contributed by atoms with Gasteiger partial charge in [0.25, 0.3) is 5.91 Å². The average Bonchev–Trinajstić information content (AvgIpc) is 3.31. The zero-order valence-corrected chi connectivity index (χ0v) is 19.6. The van der Waals surface area contributed by atoms with Crippen LogP contribution in [0.1, 0.15) is 39.1 Å². The van der Waals surface area contributed by atoms with Gasteiger partial charge in [0.2, 0.25) is 5.01 Å². The van der Waals surface area contributed by atoms with Crippen molar-refractivity contribution >= 4 is 46.4 Å². The molecule has 1 saturated heterocycles. The molecule has 1 fully saturated rings. The summed E-state index contributed by atoms with van der Waals surface area (Å²) in [6.07, 6.45) is 3.81. The number of piperidine rings is 1. The molecule has 0 saturated carbocycles. The number of hydrogen-bond acceptors (Lipinski definition) is 6. The fourth-order valence-corrected chi connectivity index (χ4v) is 4.90. The first-order valence-electron chi connectivity index (χ1n) is 10.4. The van der Waals surface area contributed by atoms with E-state index in [9.17, 15) is 9.59 Å². The average molecular weight is 468 g/mol. The van der Waals surface area contributed by atoms with E-state index in [0.29, 0.717) is 18.1 Å². The van der Waals surface area contributed by atoms with E-state index in [-0.39, 0.29) is 17.9 Å². The summed E-state index contributed by atoms with van der Waals surface area (Å²) in [4.78, 5) is 28.3. The molecule has 0 unspecified atom stereocenters. The van der Waals surface area contributed by atoms with Crippen molar-refractivity contribution in [2.75, 3.05) is 30.0 Å². The van der Waals surface area contributed by atoms with E-state index in [0.717, 1.165) is 39.7 Å². The maximum Gasteiger partial charge on any atom is 0.321 e. The highest BCUT2D eigenvalue weighted by atomic mass is 32.2. The summed E-state index contributed by atoms with van der Waals surface area (Å²) in [5.41, 5.74) is 2.64. The predicted molar refractivity (Wildman–Crippen MR) is 130 cm³/mol. The van der Waals surface area contributed by atoms with Gasteiger partial charge >= 0.3 is 6.03 Å². The smallest absolute Gasteiger partial charge is 0.321 e. The quantitative estimate of drug-likeness (QED) is 0.502. The van der Waals surface area contributed by atoms with Crippen LogP contribution in [0.4, 0.5) is 16.2 Å². The number of nitrogens with one attached hydrogen (secondary N) is 2. The van der Waals surface area contributed by atoms with Crippen LogP contribution in [0, 0.1) is 6.92 Å². The molecule has 32 heavy (non-hydrogen) atoms. The molecule has 4 rings (SSSR count). The Hall–Kier alpha value is -2.91. The summed E-state index contributed by atoms with van der Waals surface area (Å²) in [5, 5.41) is 15.3. The second-order valence-electron chi connectivity index (χ2n) is 7.71. The van der Waals surface area contributed by atoms with Crippen LogP contribution in [0.15, 0.2) is 53.4 Å². The number of benzene rings is 2. The van der Waals surface area contributed by atoms with Gasteiger partial charge < -0.3 is 15.5 Å². The van der Waals surface area contributed by atoms with Crippen molar-refractivity contribution < 1.29 is 9.59 Å². The minimum atomic E-state index is -0.267. The molecule has 0 aliphatic carbocycles. The topological polar surface area (TPSA) is 87.2 Å². The van der Waals surface area contributed by atoms with Crippen LogP contribution in [-0.4, -0.2) is 46.4 Å². The van der Waals surface area contributed by atoms with Crippen LogP contribution in [0.25, 0.3) is 0 Å². The van der Waals surface area contributed by atoms with E-state index in [1.165, 1.54) is 11.3 Å². The third-order valence-corrected chi connectivity index (χ3v) is 7.13. The van der Waals surface area contributed by atoms with Crippen LogP contribution in [0.2, 0.25) is 0 Å². The molecule has 1 aliphatic heterocycles. The lowest BCUT2D eigenvalue weighted by atomic mass is 9.99. The lowest BCUT2D eigenvalue weighted by Crippen LogP contribution is -2.41. The van der Waals surface area contributed by atoms with Gasteiger partial charge in [0.15, 0.2) is 0 Å². The predicted octanol–water partition coefficient (Wildman–Crippen LogP) is 5.23. The highest BCUT2D eigenvalue weighted by molar-refractivity contribution is 7.98. The normalized spacial score (nSPS) is 15.9. The number of carbonyl (C=O) groups is 2. The summed E-state index contributed by atoms with van der Waals surface area (Å²) in [6.45, 7) is 3.25. The number of rotatable bonds is 5. The van der Waals surface area contributed by atoms with E-state index >= 15 is 0 Å². The van der Waals surface area contributed by atoms with Crippen molar-refractivity contribution in [3.8, 4) is 0 Å². The van der Waals surface area contributed by atoms with Crippen molar-refractivity contribution in [3.63, 3.8) is 0 Å². The summed E-state index contributed by atoms with van der Waals surface area (Å²) in [6, 6.07) is 15.3. The second kappa shape index (κ2) is 10.1. The molecule has 1 aliphatic rings. The molecule has 166 valence electrons. The van der Waals surface area contributed by atoms with Crippen LogP contribution in [0.5, 0.6) is 0 Å². The van der Waals surface area contributed by atoms with Gasteiger partial charge in [-0.3, -0.25) is 4.79 Å². The van der Waals surface area contributed by atoms with Crippen molar-refractivity contribution in [2.45, 2.75) is 30.6 Å². The molecule has 2 aromatic carbocycles. The largest absolute Gasteiger partial charge is 0.324 e. The number of aryl methyl sites for hydroxylation is 1. The number of nitrogens with zero attached hydrogens (tertiary/aromatic N) is 3. The van der Waals surface area contributed by atoms with E-state index in [4.69, 9.17) is 0 Å². The van der Waals surface area contributed by atoms with Crippen LogP contribution >= 0.6 is 23.1 Å². The fraction of sp³-hybridized carbons (Fsp3) is 0.304. The van der Waals surface area contributed by atoms with E-state index < -0.39 is 0 Å². The molecule has 7 nitrogen and oxygen atoms in total. The Morgan fingerprint density at radius 1 is 1.09 bits per heavy atom. The monoisotopic (exact) mass is 467 g/mol. The van der Waals surface area contributed by atoms with Crippen molar-refractivity contribution in [3.05, 3.63) is 64.1 Å². The number of thioether (sulfide) groups is 1. The van der Waals surface area contributed by atoms with Gasteiger partial charge in [-0.25, -0.2) is 4.79 Å². The van der Waals surface area contributed by atoms with Crippen molar-refractivity contribution in [2.24, 2.45) is 0 Å². The zero-order chi connectivity index (χ0) is 22.5. The van der Waals surface area contributed by atoms with Crippen molar-refractivity contribution in [1.29, 1.82) is 0 Å². The molecule has 2 heterocycles. The highest BCUT2D eigenvalue weighted by Crippen LogP contribution is 2.30. The summed E-state index contributed by atoms with van der Waals surface area (Å²) in [5.74, 6) is -0.192. The van der Waals surface area contributed by atoms with Gasteiger partial charge in [0, 0.05) is 35.3 Å². The molecule has 0 spiro atoms. The molecule has 3 amide bonds. The third-order valence-electron chi connectivity index (χ3n) is 5.32. The molecule has 3 aromatic rings. The molecule has 2 N–H and O–H groups in total. The van der Waals surface area contributed by atoms with Gasteiger partial charge in [-0.2, -0.15) is 0 Å².